The summed E-state index contributed by atoms with van der Waals surface area (Å²) in [6, 6.07) is 4.60. The van der Waals surface area contributed by atoms with Crippen molar-refractivity contribution in [3.8, 4) is 5.75 Å². The quantitative estimate of drug-likeness (QED) is 0.397. The average Bonchev–Trinajstić information content (AvgIpc) is 3.40. The summed E-state index contributed by atoms with van der Waals surface area (Å²) in [7, 11) is -2.43. The lowest BCUT2D eigenvalue weighted by atomic mass is 9.88. The second kappa shape index (κ2) is 16.4. The molecule has 0 spiro atoms. The van der Waals surface area contributed by atoms with Gasteiger partial charge in [-0.15, -0.1) is 0 Å². The van der Waals surface area contributed by atoms with Crippen molar-refractivity contribution in [3.63, 3.8) is 0 Å². The van der Waals surface area contributed by atoms with Gasteiger partial charge in [0.25, 0.3) is 5.91 Å². The predicted octanol–water partition coefficient (Wildman–Crippen LogP) is 4.93. The van der Waals surface area contributed by atoms with Crippen LogP contribution in [0.4, 0.5) is 5.69 Å². The van der Waals surface area contributed by atoms with Crippen LogP contribution in [0, 0.1) is 25.7 Å². The number of benzene rings is 1. The summed E-state index contributed by atoms with van der Waals surface area (Å²) in [5.74, 6) is -0.148. The Labute approximate surface area is 279 Å². The fourth-order valence-electron chi connectivity index (χ4n) is 6.42. The molecule has 2 amide bonds. The van der Waals surface area contributed by atoms with Crippen LogP contribution in [0.15, 0.2) is 27.6 Å². The van der Waals surface area contributed by atoms with E-state index in [0.29, 0.717) is 30.0 Å². The van der Waals surface area contributed by atoms with Crippen molar-refractivity contribution in [1.82, 2.24) is 14.4 Å². The average molecular weight is 677 g/mol. The minimum absolute atomic E-state index is 0.0382. The Balaban J connectivity index is 1.64. The van der Waals surface area contributed by atoms with Gasteiger partial charge in [-0.2, -0.15) is 4.31 Å². The minimum atomic E-state index is -3.93. The molecule has 1 aliphatic heterocycles. The molecular weight excluding hydrogens is 624 g/mol. The van der Waals surface area contributed by atoms with E-state index in [0.717, 1.165) is 44.9 Å². The lowest BCUT2D eigenvalue weighted by molar-refractivity contribution is -0.120. The van der Waals surface area contributed by atoms with Crippen LogP contribution < -0.4 is 10.1 Å². The van der Waals surface area contributed by atoms with E-state index in [1.54, 1.807) is 43.9 Å². The van der Waals surface area contributed by atoms with Gasteiger partial charge in [-0.05, 0) is 78.0 Å². The lowest BCUT2D eigenvalue weighted by Crippen LogP contribution is -2.48. The van der Waals surface area contributed by atoms with E-state index in [-0.39, 0.29) is 65.8 Å². The third-order valence-electron chi connectivity index (χ3n) is 9.37. The molecule has 0 radical (unpaired) electrons. The van der Waals surface area contributed by atoms with E-state index < -0.39 is 22.2 Å². The number of rotatable bonds is 8. The lowest BCUT2D eigenvalue weighted by Gasteiger charge is -2.35. The molecule has 47 heavy (non-hydrogen) atoms. The second-order valence-electron chi connectivity index (χ2n) is 13.3. The molecule has 1 aliphatic carbocycles. The summed E-state index contributed by atoms with van der Waals surface area (Å²) in [4.78, 5) is 29.1. The number of aryl methyl sites for hydroxylation is 2. The SMILES string of the molecule is Cc1noc(C)c1S(=O)(=O)N(C)C[C@@H]1OCCCC[C@H](C)Oc2ccc(NC(=O)C3CCCCC3)cc2C(=O)N([C@H](C)CO)C[C@H]1C. The van der Waals surface area contributed by atoms with Crippen molar-refractivity contribution in [2.24, 2.45) is 11.8 Å². The van der Waals surface area contributed by atoms with E-state index in [4.69, 9.17) is 14.0 Å². The van der Waals surface area contributed by atoms with E-state index in [2.05, 4.69) is 10.5 Å². The number of fused-ring (bicyclic) bond motifs is 1. The van der Waals surface area contributed by atoms with Crippen molar-refractivity contribution >= 4 is 27.5 Å². The summed E-state index contributed by atoms with van der Waals surface area (Å²) in [5, 5.41) is 17.1. The van der Waals surface area contributed by atoms with Crippen molar-refractivity contribution in [3.05, 3.63) is 35.2 Å². The van der Waals surface area contributed by atoms with Gasteiger partial charge in [-0.1, -0.05) is 31.3 Å². The van der Waals surface area contributed by atoms with Crippen molar-refractivity contribution < 1.29 is 37.1 Å². The third kappa shape index (κ3) is 9.13. The van der Waals surface area contributed by atoms with E-state index in [1.807, 2.05) is 13.8 Å². The molecule has 1 aromatic heterocycles. The van der Waals surface area contributed by atoms with Gasteiger partial charge in [0.2, 0.25) is 15.9 Å². The van der Waals surface area contributed by atoms with Gasteiger partial charge >= 0.3 is 0 Å². The van der Waals surface area contributed by atoms with Gasteiger partial charge in [-0.3, -0.25) is 9.59 Å². The third-order valence-corrected chi connectivity index (χ3v) is 11.4. The van der Waals surface area contributed by atoms with Gasteiger partial charge in [0, 0.05) is 44.3 Å². The zero-order valence-electron chi connectivity index (χ0n) is 28.7. The van der Waals surface area contributed by atoms with Crippen LogP contribution in [0.2, 0.25) is 0 Å². The van der Waals surface area contributed by atoms with E-state index >= 15 is 0 Å². The number of ether oxygens (including phenoxy) is 2. The Bertz CT molecular complexity index is 1450. The highest BCUT2D eigenvalue weighted by atomic mass is 32.2. The van der Waals surface area contributed by atoms with Gasteiger partial charge in [-0.25, -0.2) is 8.42 Å². The maximum Gasteiger partial charge on any atom is 0.258 e. The largest absolute Gasteiger partial charge is 0.490 e. The molecule has 1 fully saturated rings. The van der Waals surface area contributed by atoms with Gasteiger partial charge in [0.15, 0.2) is 5.76 Å². The van der Waals surface area contributed by atoms with Crippen LogP contribution in [0.25, 0.3) is 0 Å². The first-order valence-electron chi connectivity index (χ1n) is 16.9. The Morgan fingerprint density at radius 3 is 2.49 bits per heavy atom. The topological polar surface area (TPSA) is 152 Å². The maximum atomic E-state index is 14.4. The molecule has 0 unspecified atom stereocenters. The molecule has 2 aliphatic rings. The highest BCUT2D eigenvalue weighted by Crippen LogP contribution is 2.31. The number of sulfonamides is 1. The minimum Gasteiger partial charge on any atom is -0.490 e. The monoisotopic (exact) mass is 676 g/mol. The summed E-state index contributed by atoms with van der Waals surface area (Å²) >= 11 is 0. The molecule has 2 heterocycles. The number of carbonyl (C=O) groups excluding carboxylic acids is 2. The first kappa shape index (κ1) is 36.8. The highest BCUT2D eigenvalue weighted by molar-refractivity contribution is 7.89. The van der Waals surface area contributed by atoms with Crippen LogP contribution in [0.1, 0.15) is 93.9 Å². The number of aliphatic hydroxyl groups is 1. The van der Waals surface area contributed by atoms with Crippen molar-refractivity contribution in [1.29, 1.82) is 0 Å². The fraction of sp³-hybridized carbons (Fsp3) is 0.676. The van der Waals surface area contributed by atoms with Crippen LogP contribution in [0.5, 0.6) is 5.75 Å². The molecule has 0 saturated heterocycles. The van der Waals surface area contributed by atoms with Crippen molar-refractivity contribution in [2.45, 2.75) is 109 Å². The number of nitrogens with one attached hydrogen (secondary N) is 1. The number of hydrogen-bond acceptors (Lipinski definition) is 9. The van der Waals surface area contributed by atoms with Crippen LogP contribution >= 0.6 is 0 Å². The highest BCUT2D eigenvalue weighted by Gasteiger charge is 2.34. The van der Waals surface area contributed by atoms with Gasteiger partial charge in [0.05, 0.1) is 30.4 Å². The van der Waals surface area contributed by atoms with Crippen LogP contribution in [0.3, 0.4) is 0 Å². The molecular formula is C34H52N4O8S. The number of aromatic nitrogens is 1. The summed E-state index contributed by atoms with van der Waals surface area (Å²) in [6.07, 6.45) is 6.43. The van der Waals surface area contributed by atoms with Gasteiger partial charge < -0.3 is 29.3 Å². The summed E-state index contributed by atoms with van der Waals surface area (Å²) in [6.45, 7) is 9.12. The van der Waals surface area contributed by atoms with E-state index in [9.17, 15) is 23.1 Å². The Kier molecular flexibility index (Phi) is 12.9. The first-order valence-corrected chi connectivity index (χ1v) is 18.3. The molecule has 2 aromatic rings. The molecule has 1 saturated carbocycles. The standard InChI is InChI=1S/C34H52N4O8S/c1-22-19-38(23(2)21-39)34(41)29-18-28(35-33(40)27-13-8-7-9-14-27)15-16-30(29)45-24(3)12-10-11-17-44-31(22)20-37(6)47(42,43)32-25(4)36-46-26(32)5/h15-16,18,22-24,27,31,39H,7-14,17,19-21H2,1-6H3,(H,35,40)/t22-,23-,24+,31+/m1/s1. The molecule has 12 nitrogen and oxygen atoms in total. The van der Waals surface area contributed by atoms with E-state index in [1.165, 1.54) is 11.4 Å². The number of amides is 2. The number of anilines is 1. The summed E-state index contributed by atoms with van der Waals surface area (Å²) < 4.78 is 46.1. The first-order chi connectivity index (χ1) is 22.3. The Hall–Kier alpha value is -3.00. The smallest absolute Gasteiger partial charge is 0.258 e. The number of carbonyl (C=O) groups is 2. The normalized spacial score (nSPS) is 23.1. The Morgan fingerprint density at radius 2 is 1.83 bits per heavy atom. The number of likely N-dealkylation sites (N-methyl/N-ethyl adjacent to an activating group) is 1. The predicted molar refractivity (Wildman–Crippen MR) is 178 cm³/mol. The number of hydrogen-bond donors (Lipinski definition) is 2. The zero-order chi connectivity index (χ0) is 34.3. The molecule has 2 N–H and O–H groups in total. The molecule has 13 heteroatoms. The Morgan fingerprint density at radius 1 is 1.13 bits per heavy atom. The number of nitrogens with zero attached hydrogens (tertiary/aromatic N) is 3. The van der Waals surface area contributed by atoms with Crippen LogP contribution in [-0.4, -0.2) is 91.3 Å². The second-order valence-corrected chi connectivity index (χ2v) is 15.3. The van der Waals surface area contributed by atoms with Crippen molar-refractivity contribution in [2.75, 3.05) is 38.7 Å². The molecule has 262 valence electrons. The molecule has 0 bridgehead atoms. The van der Waals surface area contributed by atoms with Gasteiger partial charge in [0.1, 0.15) is 16.3 Å². The number of aliphatic hydroxyl groups excluding tert-OH is 1. The molecule has 4 atom stereocenters. The maximum absolute atomic E-state index is 14.4. The summed E-state index contributed by atoms with van der Waals surface area (Å²) in [5.41, 5.74) is 1.09. The fourth-order valence-corrected chi connectivity index (χ4v) is 7.89. The molecule has 1 aromatic carbocycles. The molecule has 4 rings (SSSR count). The zero-order valence-corrected chi connectivity index (χ0v) is 29.5. The van der Waals surface area contributed by atoms with Crippen LogP contribution in [-0.2, 0) is 19.6 Å².